The number of aromatic carboxylic acids is 1. The quantitative estimate of drug-likeness (QED) is 0.808. The lowest BCUT2D eigenvalue weighted by atomic mass is 10.0. The van der Waals surface area contributed by atoms with Crippen molar-refractivity contribution >= 4 is 11.9 Å². The van der Waals surface area contributed by atoms with Crippen LogP contribution in [0.25, 0.3) is 0 Å². The number of carboxylic acid groups (broad SMARTS) is 2. The second-order valence-corrected chi connectivity index (χ2v) is 3.42. The van der Waals surface area contributed by atoms with Crippen molar-refractivity contribution in [2.45, 2.75) is 13.8 Å². The number of hydrogen-bond acceptors (Lipinski definition) is 3. The lowest BCUT2D eigenvalue weighted by molar-refractivity contribution is -0.139. The molecule has 0 atom stereocenters. The van der Waals surface area contributed by atoms with E-state index in [4.69, 9.17) is 14.9 Å². The molecule has 1 aromatic carbocycles. The van der Waals surface area contributed by atoms with Gasteiger partial charge in [-0.3, -0.25) is 0 Å². The van der Waals surface area contributed by atoms with Gasteiger partial charge in [0.2, 0.25) is 0 Å². The highest BCUT2D eigenvalue weighted by atomic mass is 16.5. The Morgan fingerprint density at radius 3 is 2.06 bits per heavy atom. The third-order valence-electron chi connectivity index (χ3n) is 2.08. The van der Waals surface area contributed by atoms with Gasteiger partial charge < -0.3 is 14.9 Å². The molecule has 0 amide bonds. The minimum absolute atomic E-state index is 0.225. The first-order chi connectivity index (χ1) is 7.41. The summed E-state index contributed by atoms with van der Waals surface area (Å²) in [7, 11) is 0. The molecule has 0 fully saturated rings. The highest BCUT2D eigenvalue weighted by Crippen LogP contribution is 2.21. The minimum atomic E-state index is -1.07. The Morgan fingerprint density at radius 1 is 1.19 bits per heavy atom. The van der Waals surface area contributed by atoms with E-state index in [2.05, 4.69) is 0 Å². The van der Waals surface area contributed by atoms with E-state index in [1.807, 2.05) is 0 Å². The van der Waals surface area contributed by atoms with Crippen LogP contribution in [0.15, 0.2) is 12.1 Å². The van der Waals surface area contributed by atoms with Gasteiger partial charge >= 0.3 is 11.9 Å². The summed E-state index contributed by atoms with van der Waals surface area (Å²) in [5.74, 6) is -1.71. The molecule has 0 spiro atoms. The average molecular weight is 224 g/mol. The van der Waals surface area contributed by atoms with Crippen LogP contribution < -0.4 is 4.74 Å². The van der Waals surface area contributed by atoms with Gasteiger partial charge in [0.25, 0.3) is 0 Å². The van der Waals surface area contributed by atoms with Gasteiger partial charge in [-0.05, 0) is 37.1 Å². The molecular formula is C11H12O5. The summed E-state index contributed by atoms with van der Waals surface area (Å²) in [6, 6.07) is 3.03. The zero-order chi connectivity index (χ0) is 12.3. The summed E-state index contributed by atoms with van der Waals surface area (Å²) in [6.07, 6.45) is 0. The molecule has 0 aliphatic carbocycles. The first-order valence-corrected chi connectivity index (χ1v) is 4.61. The van der Waals surface area contributed by atoms with Crippen LogP contribution in [-0.2, 0) is 4.79 Å². The number of carbonyl (C=O) groups is 2. The van der Waals surface area contributed by atoms with Crippen LogP contribution in [0.2, 0.25) is 0 Å². The predicted octanol–water partition coefficient (Wildman–Crippen LogP) is 1.47. The highest BCUT2D eigenvalue weighted by molar-refractivity contribution is 5.91. The van der Waals surface area contributed by atoms with Crippen LogP contribution >= 0.6 is 0 Å². The molecule has 0 heterocycles. The molecule has 5 nitrogen and oxygen atoms in total. The van der Waals surface area contributed by atoms with Crippen molar-refractivity contribution in [2.75, 3.05) is 6.61 Å². The lowest BCUT2D eigenvalue weighted by Crippen LogP contribution is -2.10. The van der Waals surface area contributed by atoms with Gasteiger partial charge in [0.1, 0.15) is 5.75 Å². The molecule has 0 radical (unpaired) electrons. The Labute approximate surface area is 92.3 Å². The van der Waals surface area contributed by atoms with Gasteiger partial charge in [-0.2, -0.15) is 0 Å². The molecule has 16 heavy (non-hydrogen) atoms. The monoisotopic (exact) mass is 224 g/mol. The third kappa shape index (κ3) is 2.73. The smallest absolute Gasteiger partial charge is 0.341 e. The molecule has 86 valence electrons. The van der Waals surface area contributed by atoms with Crippen LogP contribution in [0.1, 0.15) is 21.5 Å². The molecule has 0 aliphatic heterocycles. The average Bonchev–Trinajstić information content (AvgIpc) is 2.12. The number of carboxylic acids is 2. The van der Waals surface area contributed by atoms with Crippen molar-refractivity contribution in [3.05, 3.63) is 28.8 Å². The van der Waals surface area contributed by atoms with Gasteiger partial charge in [-0.25, -0.2) is 9.59 Å². The maximum atomic E-state index is 10.9. The molecule has 1 rings (SSSR count). The number of benzene rings is 1. The fraction of sp³-hybridized carbons (Fsp3) is 0.273. The number of ether oxygens (including phenoxy) is 1. The van der Waals surface area contributed by atoms with E-state index in [-0.39, 0.29) is 5.56 Å². The third-order valence-corrected chi connectivity index (χ3v) is 2.08. The molecule has 0 saturated carbocycles. The molecule has 0 bridgehead atoms. The molecule has 0 unspecified atom stereocenters. The SMILES string of the molecule is Cc1cc(OCC(=O)O)cc(C)c1C(=O)O. The summed E-state index contributed by atoms with van der Waals surface area (Å²) in [5, 5.41) is 17.4. The van der Waals surface area contributed by atoms with E-state index in [9.17, 15) is 9.59 Å². The second-order valence-electron chi connectivity index (χ2n) is 3.42. The van der Waals surface area contributed by atoms with E-state index in [1.165, 1.54) is 12.1 Å². The van der Waals surface area contributed by atoms with Crippen molar-refractivity contribution in [3.63, 3.8) is 0 Å². The van der Waals surface area contributed by atoms with Gasteiger partial charge in [-0.1, -0.05) is 0 Å². The number of aliphatic carboxylic acids is 1. The van der Waals surface area contributed by atoms with Gasteiger partial charge in [0.05, 0.1) is 5.56 Å². The van der Waals surface area contributed by atoms with E-state index in [1.54, 1.807) is 13.8 Å². The standard InChI is InChI=1S/C11H12O5/c1-6-3-8(16-5-9(12)13)4-7(2)10(6)11(14)15/h3-4H,5H2,1-2H3,(H,12,13)(H,14,15). The largest absolute Gasteiger partial charge is 0.482 e. The van der Waals surface area contributed by atoms with Crippen molar-refractivity contribution in [3.8, 4) is 5.75 Å². The van der Waals surface area contributed by atoms with E-state index >= 15 is 0 Å². The zero-order valence-electron chi connectivity index (χ0n) is 8.98. The Kier molecular flexibility index (Phi) is 3.50. The number of aryl methyl sites for hydroxylation is 2. The molecule has 0 aromatic heterocycles. The Hall–Kier alpha value is -2.04. The summed E-state index contributed by atoms with van der Waals surface area (Å²) in [5.41, 5.74) is 1.32. The van der Waals surface area contributed by atoms with Crippen LogP contribution in [-0.4, -0.2) is 28.8 Å². The topological polar surface area (TPSA) is 83.8 Å². The van der Waals surface area contributed by atoms with E-state index in [0.717, 1.165) is 0 Å². The summed E-state index contributed by atoms with van der Waals surface area (Å²) in [4.78, 5) is 21.2. The molecular weight excluding hydrogens is 212 g/mol. The maximum Gasteiger partial charge on any atom is 0.341 e. The van der Waals surface area contributed by atoms with Crippen LogP contribution in [0.5, 0.6) is 5.75 Å². The summed E-state index contributed by atoms with van der Waals surface area (Å²) >= 11 is 0. The molecule has 0 aliphatic rings. The summed E-state index contributed by atoms with van der Waals surface area (Å²) < 4.78 is 4.97. The van der Waals surface area contributed by atoms with Crippen molar-refractivity contribution in [2.24, 2.45) is 0 Å². The van der Waals surface area contributed by atoms with Crippen molar-refractivity contribution in [1.82, 2.24) is 0 Å². The Bertz CT molecular complexity index is 413. The lowest BCUT2D eigenvalue weighted by Gasteiger charge is -2.09. The predicted molar refractivity (Wildman–Crippen MR) is 56.0 cm³/mol. The first-order valence-electron chi connectivity index (χ1n) is 4.61. The maximum absolute atomic E-state index is 10.9. The Balaban J connectivity index is 3.00. The second kappa shape index (κ2) is 4.65. The van der Waals surface area contributed by atoms with Gasteiger partial charge in [0, 0.05) is 0 Å². The van der Waals surface area contributed by atoms with Crippen molar-refractivity contribution in [1.29, 1.82) is 0 Å². The number of hydrogen-bond donors (Lipinski definition) is 2. The van der Waals surface area contributed by atoms with Crippen molar-refractivity contribution < 1.29 is 24.5 Å². The zero-order valence-corrected chi connectivity index (χ0v) is 8.98. The first kappa shape index (κ1) is 12.0. The van der Waals surface area contributed by atoms with E-state index in [0.29, 0.717) is 16.9 Å². The molecule has 0 saturated heterocycles. The van der Waals surface area contributed by atoms with Gasteiger partial charge in [-0.15, -0.1) is 0 Å². The minimum Gasteiger partial charge on any atom is -0.482 e. The van der Waals surface area contributed by atoms with Crippen LogP contribution in [0, 0.1) is 13.8 Å². The fourth-order valence-corrected chi connectivity index (χ4v) is 1.49. The van der Waals surface area contributed by atoms with Gasteiger partial charge in [0.15, 0.2) is 6.61 Å². The molecule has 5 heteroatoms. The molecule has 2 N–H and O–H groups in total. The summed E-state index contributed by atoms with van der Waals surface area (Å²) in [6.45, 7) is 2.85. The van der Waals surface area contributed by atoms with Crippen LogP contribution in [0.3, 0.4) is 0 Å². The molecule has 1 aromatic rings. The van der Waals surface area contributed by atoms with E-state index < -0.39 is 18.5 Å². The highest BCUT2D eigenvalue weighted by Gasteiger charge is 2.12. The Morgan fingerprint density at radius 2 is 1.69 bits per heavy atom. The fourth-order valence-electron chi connectivity index (χ4n) is 1.49. The van der Waals surface area contributed by atoms with Crippen LogP contribution in [0.4, 0.5) is 0 Å². The normalized spacial score (nSPS) is 9.88. The number of rotatable bonds is 4.